The number of para-hydroxylation sites is 1. The zero-order valence-corrected chi connectivity index (χ0v) is 14.2. The summed E-state index contributed by atoms with van der Waals surface area (Å²) in [4.78, 5) is 25.5. The first-order valence-electron chi connectivity index (χ1n) is 8.03. The van der Waals surface area contributed by atoms with Crippen LogP contribution >= 0.6 is 0 Å². The van der Waals surface area contributed by atoms with Crippen LogP contribution in [0.3, 0.4) is 0 Å². The van der Waals surface area contributed by atoms with E-state index in [1.165, 1.54) is 11.8 Å². The van der Waals surface area contributed by atoms with Crippen molar-refractivity contribution < 1.29 is 18.4 Å². The lowest BCUT2D eigenvalue weighted by Gasteiger charge is -2.23. The van der Waals surface area contributed by atoms with E-state index in [9.17, 15) is 18.4 Å². The van der Waals surface area contributed by atoms with Crippen LogP contribution in [0.1, 0.15) is 25.8 Å². The SMILES string of the molecule is CCc1ccccc1N(CCC(=O)Nc1ccc(F)cc1F)C(C)=O. The highest BCUT2D eigenvalue weighted by molar-refractivity contribution is 5.95. The third kappa shape index (κ3) is 4.86. The monoisotopic (exact) mass is 346 g/mol. The molecule has 0 unspecified atom stereocenters. The minimum absolute atomic E-state index is 0.00551. The number of rotatable bonds is 6. The minimum atomic E-state index is -0.840. The zero-order chi connectivity index (χ0) is 18.4. The molecule has 0 radical (unpaired) electrons. The number of anilines is 2. The third-order valence-electron chi connectivity index (χ3n) is 3.81. The molecule has 0 heterocycles. The lowest BCUT2D eigenvalue weighted by atomic mass is 10.1. The molecule has 6 heteroatoms. The van der Waals surface area contributed by atoms with Gasteiger partial charge in [-0.1, -0.05) is 25.1 Å². The lowest BCUT2D eigenvalue weighted by molar-refractivity contribution is -0.117. The number of hydrogen-bond donors (Lipinski definition) is 1. The molecule has 0 aromatic heterocycles. The number of carbonyl (C=O) groups is 2. The van der Waals surface area contributed by atoms with E-state index < -0.39 is 17.5 Å². The summed E-state index contributed by atoms with van der Waals surface area (Å²) in [5.41, 5.74) is 1.68. The van der Waals surface area contributed by atoms with Crippen molar-refractivity contribution in [3.63, 3.8) is 0 Å². The maximum absolute atomic E-state index is 13.6. The van der Waals surface area contributed by atoms with Crippen molar-refractivity contribution in [2.45, 2.75) is 26.7 Å². The Morgan fingerprint density at radius 3 is 2.48 bits per heavy atom. The molecule has 2 aromatic rings. The van der Waals surface area contributed by atoms with Gasteiger partial charge in [-0.15, -0.1) is 0 Å². The highest BCUT2D eigenvalue weighted by Gasteiger charge is 2.16. The molecular weight excluding hydrogens is 326 g/mol. The van der Waals surface area contributed by atoms with Crippen molar-refractivity contribution in [2.75, 3.05) is 16.8 Å². The Morgan fingerprint density at radius 1 is 1.12 bits per heavy atom. The zero-order valence-electron chi connectivity index (χ0n) is 14.2. The fraction of sp³-hybridized carbons (Fsp3) is 0.263. The van der Waals surface area contributed by atoms with E-state index in [0.29, 0.717) is 6.07 Å². The van der Waals surface area contributed by atoms with E-state index in [4.69, 9.17) is 0 Å². The van der Waals surface area contributed by atoms with Crippen LogP contribution in [0.25, 0.3) is 0 Å². The third-order valence-corrected chi connectivity index (χ3v) is 3.81. The second-order valence-corrected chi connectivity index (χ2v) is 5.58. The number of hydrogen-bond acceptors (Lipinski definition) is 2. The van der Waals surface area contributed by atoms with Gasteiger partial charge in [0.1, 0.15) is 11.6 Å². The normalized spacial score (nSPS) is 10.4. The molecular formula is C19H20F2N2O2. The van der Waals surface area contributed by atoms with Crippen LogP contribution in [0.15, 0.2) is 42.5 Å². The molecule has 0 bridgehead atoms. The first-order chi connectivity index (χ1) is 11.9. The first kappa shape index (κ1) is 18.6. The van der Waals surface area contributed by atoms with Gasteiger partial charge in [0.05, 0.1) is 5.69 Å². The van der Waals surface area contributed by atoms with E-state index in [-0.39, 0.29) is 24.6 Å². The van der Waals surface area contributed by atoms with Crippen LogP contribution in [0.4, 0.5) is 20.2 Å². The van der Waals surface area contributed by atoms with Crippen LogP contribution in [-0.4, -0.2) is 18.4 Å². The van der Waals surface area contributed by atoms with Crippen molar-refractivity contribution in [3.8, 4) is 0 Å². The molecule has 2 aromatic carbocycles. The van der Waals surface area contributed by atoms with Gasteiger partial charge in [0.25, 0.3) is 0 Å². The summed E-state index contributed by atoms with van der Waals surface area (Å²) in [5, 5.41) is 2.39. The summed E-state index contributed by atoms with van der Waals surface area (Å²) in [5.74, 6) is -2.19. The van der Waals surface area contributed by atoms with Crippen molar-refractivity contribution >= 4 is 23.2 Å². The average Bonchev–Trinajstić information content (AvgIpc) is 2.57. The number of aryl methyl sites for hydroxylation is 1. The first-order valence-corrected chi connectivity index (χ1v) is 8.03. The van der Waals surface area contributed by atoms with Gasteiger partial charge in [-0.05, 0) is 30.2 Å². The highest BCUT2D eigenvalue weighted by atomic mass is 19.1. The van der Waals surface area contributed by atoms with Crippen molar-refractivity contribution in [2.24, 2.45) is 0 Å². The fourth-order valence-electron chi connectivity index (χ4n) is 2.54. The molecule has 2 rings (SSSR count). The highest BCUT2D eigenvalue weighted by Crippen LogP contribution is 2.22. The molecule has 0 fully saturated rings. The lowest BCUT2D eigenvalue weighted by Crippen LogP contribution is -2.32. The van der Waals surface area contributed by atoms with Crippen molar-refractivity contribution in [1.29, 1.82) is 0 Å². The quantitative estimate of drug-likeness (QED) is 0.862. The maximum Gasteiger partial charge on any atom is 0.226 e. The number of amides is 2. The van der Waals surface area contributed by atoms with E-state index in [1.807, 2.05) is 31.2 Å². The Kier molecular flexibility index (Phi) is 6.22. The summed E-state index contributed by atoms with van der Waals surface area (Å²) in [6, 6.07) is 10.4. The number of carbonyl (C=O) groups excluding carboxylic acids is 2. The molecule has 0 atom stereocenters. The van der Waals surface area contributed by atoms with Crippen molar-refractivity contribution in [3.05, 3.63) is 59.7 Å². The molecule has 0 spiro atoms. The molecule has 0 saturated carbocycles. The van der Waals surface area contributed by atoms with Crippen LogP contribution in [0, 0.1) is 11.6 Å². The fourth-order valence-corrected chi connectivity index (χ4v) is 2.54. The largest absolute Gasteiger partial charge is 0.324 e. The summed E-state index contributed by atoms with van der Waals surface area (Å²) >= 11 is 0. The van der Waals surface area contributed by atoms with Crippen molar-refractivity contribution in [1.82, 2.24) is 0 Å². The van der Waals surface area contributed by atoms with Crippen LogP contribution in [-0.2, 0) is 16.0 Å². The second-order valence-electron chi connectivity index (χ2n) is 5.58. The van der Waals surface area contributed by atoms with E-state index >= 15 is 0 Å². The molecule has 1 N–H and O–H groups in total. The number of benzene rings is 2. The van der Waals surface area contributed by atoms with E-state index in [1.54, 1.807) is 0 Å². The predicted octanol–water partition coefficient (Wildman–Crippen LogP) is 3.91. The molecule has 0 aliphatic carbocycles. The second kappa shape index (κ2) is 8.37. The Balaban J connectivity index is 2.06. The van der Waals surface area contributed by atoms with E-state index in [2.05, 4.69) is 5.32 Å². The smallest absolute Gasteiger partial charge is 0.226 e. The van der Waals surface area contributed by atoms with Gasteiger partial charge < -0.3 is 10.2 Å². The predicted molar refractivity (Wildman–Crippen MR) is 93.5 cm³/mol. The molecule has 2 amide bonds. The number of nitrogens with one attached hydrogen (secondary N) is 1. The summed E-state index contributed by atoms with van der Waals surface area (Å²) < 4.78 is 26.5. The molecule has 0 aliphatic heterocycles. The Labute approximate surface area is 145 Å². The Hall–Kier alpha value is -2.76. The van der Waals surface area contributed by atoms with Gasteiger partial charge in [-0.25, -0.2) is 8.78 Å². The molecule has 25 heavy (non-hydrogen) atoms. The summed E-state index contributed by atoms with van der Waals surface area (Å²) in [6.07, 6.45) is 0.751. The standard InChI is InChI=1S/C19H20F2N2O2/c1-3-14-6-4-5-7-18(14)23(13(2)24)11-10-19(25)22-17-9-8-15(20)12-16(17)21/h4-9,12H,3,10-11H2,1-2H3,(H,22,25). The summed E-state index contributed by atoms with van der Waals surface area (Å²) in [7, 11) is 0. The topological polar surface area (TPSA) is 49.4 Å². The minimum Gasteiger partial charge on any atom is -0.324 e. The molecule has 4 nitrogen and oxygen atoms in total. The van der Waals surface area contributed by atoms with Gasteiger partial charge in [-0.3, -0.25) is 9.59 Å². The van der Waals surface area contributed by atoms with Crippen LogP contribution in [0.5, 0.6) is 0 Å². The number of halogens is 2. The molecule has 0 aliphatic rings. The molecule has 132 valence electrons. The van der Waals surface area contributed by atoms with E-state index in [0.717, 1.165) is 29.8 Å². The maximum atomic E-state index is 13.6. The van der Waals surface area contributed by atoms with Gasteiger partial charge in [-0.2, -0.15) is 0 Å². The average molecular weight is 346 g/mol. The summed E-state index contributed by atoms with van der Waals surface area (Å²) in [6.45, 7) is 3.59. The van der Waals surface area contributed by atoms with Gasteiger partial charge in [0.15, 0.2) is 0 Å². The van der Waals surface area contributed by atoms with Crippen LogP contribution in [0.2, 0.25) is 0 Å². The van der Waals surface area contributed by atoms with Gasteiger partial charge in [0.2, 0.25) is 11.8 Å². The Morgan fingerprint density at radius 2 is 1.84 bits per heavy atom. The van der Waals surface area contributed by atoms with Gasteiger partial charge in [0, 0.05) is 31.6 Å². The molecule has 0 saturated heterocycles. The number of nitrogens with zero attached hydrogens (tertiary/aromatic N) is 1. The Bertz CT molecular complexity index is 778. The van der Waals surface area contributed by atoms with Gasteiger partial charge >= 0.3 is 0 Å². The van der Waals surface area contributed by atoms with Crippen LogP contribution < -0.4 is 10.2 Å².